The van der Waals surface area contributed by atoms with Crippen LogP contribution in [0, 0.1) is 0 Å². The van der Waals surface area contributed by atoms with Crippen molar-refractivity contribution in [3.8, 4) is 11.3 Å². The summed E-state index contributed by atoms with van der Waals surface area (Å²) in [6.45, 7) is 0. The molecule has 2 aromatic heterocycles. The van der Waals surface area contributed by atoms with E-state index >= 15 is 0 Å². The lowest BCUT2D eigenvalue weighted by Crippen LogP contribution is -2.21. The van der Waals surface area contributed by atoms with Crippen molar-refractivity contribution in [3.63, 3.8) is 0 Å². The molecule has 2 aromatic rings. The van der Waals surface area contributed by atoms with Crippen molar-refractivity contribution >= 4 is 17.5 Å². The van der Waals surface area contributed by atoms with Gasteiger partial charge >= 0.3 is 0 Å². The largest absolute Gasteiger partial charge is 0.351 e. The topological polar surface area (TPSA) is 76.7 Å². The third kappa shape index (κ3) is 2.89. The molecule has 1 aliphatic rings. The average Bonchev–Trinajstić information content (AvgIpc) is 2.87. The highest BCUT2D eigenvalue weighted by atomic mass is 35.5. The number of halogens is 1. The van der Waals surface area contributed by atoms with Gasteiger partial charge in [0.05, 0.1) is 16.9 Å². The molecule has 0 aromatic carbocycles. The van der Waals surface area contributed by atoms with Crippen molar-refractivity contribution in [2.45, 2.75) is 31.3 Å². The van der Waals surface area contributed by atoms with Crippen LogP contribution in [0.5, 0.6) is 0 Å². The van der Waals surface area contributed by atoms with Gasteiger partial charge in [0.25, 0.3) is 0 Å². The zero-order chi connectivity index (χ0) is 13.9. The summed E-state index contributed by atoms with van der Waals surface area (Å²) in [5.74, 6) is 0.590. The van der Waals surface area contributed by atoms with Crippen LogP contribution in [0.15, 0.2) is 30.7 Å². The van der Waals surface area contributed by atoms with Gasteiger partial charge in [-0.3, -0.25) is 4.98 Å². The van der Waals surface area contributed by atoms with Gasteiger partial charge in [-0.2, -0.15) is 0 Å². The third-order valence-electron chi connectivity index (χ3n) is 3.49. The summed E-state index contributed by atoms with van der Waals surface area (Å²) in [7, 11) is 0. The maximum absolute atomic E-state index is 6.17. The number of nitrogens with two attached hydrogens (primary N) is 1. The van der Waals surface area contributed by atoms with Crippen LogP contribution in [-0.4, -0.2) is 27.0 Å². The quantitative estimate of drug-likeness (QED) is 0.908. The molecule has 1 fully saturated rings. The molecule has 0 radical (unpaired) electrons. The normalized spacial score (nSPS) is 21.9. The SMILES string of the molecule is N[C@@H]1CC[C@H](Nc2ncc(Cl)c(-c3cccnc3)n2)C1. The number of anilines is 1. The first-order valence-electron chi connectivity index (χ1n) is 6.67. The smallest absolute Gasteiger partial charge is 0.223 e. The second-order valence-electron chi connectivity index (χ2n) is 5.05. The number of pyridine rings is 1. The summed E-state index contributed by atoms with van der Waals surface area (Å²) in [6.07, 6.45) is 8.12. The van der Waals surface area contributed by atoms with Crippen LogP contribution in [0.1, 0.15) is 19.3 Å². The van der Waals surface area contributed by atoms with Crippen molar-refractivity contribution < 1.29 is 0 Å². The Kier molecular flexibility index (Phi) is 3.80. The minimum Gasteiger partial charge on any atom is -0.351 e. The van der Waals surface area contributed by atoms with E-state index in [0.29, 0.717) is 22.7 Å². The Balaban J connectivity index is 1.83. The zero-order valence-electron chi connectivity index (χ0n) is 11.0. The second-order valence-corrected chi connectivity index (χ2v) is 5.45. The van der Waals surface area contributed by atoms with Crippen LogP contribution >= 0.6 is 11.6 Å². The Bertz CT molecular complexity index is 589. The summed E-state index contributed by atoms with van der Waals surface area (Å²) in [6, 6.07) is 4.40. The Morgan fingerprint density at radius 1 is 1.30 bits per heavy atom. The second kappa shape index (κ2) is 5.73. The molecular formula is C14H16ClN5. The summed E-state index contributed by atoms with van der Waals surface area (Å²) >= 11 is 6.17. The van der Waals surface area contributed by atoms with E-state index in [0.717, 1.165) is 24.8 Å². The molecule has 104 valence electrons. The molecule has 0 bridgehead atoms. The molecule has 5 nitrogen and oxygen atoms in total. The summed E-state index contributed by atoms with van der Waals surface area (Å²) in [4.78, 5) is 12.8. The lowest BCUT2D eigenvalue weighted by atomic mass is 10.2. The molecule has 0 unspecified atom stereocenters. The van der Waals surface area contributed by atoms with Crippen LogP contribution < -0.4 is 11.1 Å². The van der Waals surface area contributed by atoms with Gasteiger partial charge in [0.1, 0.15) is 0 Å². The van der Waals surface area contributed by atoms with Gasteiger partial charge in [-0.15, -0.1) is 0 Å². The zero-order valence-corrected chi connectivity index (χ0v) is 11.7. The lowest BCUT2D eigenvalue weighted by Gasteiger charge is -2.13. The van der Waals surface area contributed by atoms with Gasteiger partial charge in [0.15, 0.2) is 0 Å². The van der Waals surface area contributed by atoms with Crippen molar-refractivity contribution in [1.29, 1.82) is 0 Å². The molecule has 3 rings (SSSR count). The predicted octanol–water partition coefficient (Wildman–Crippen LogP) is 2.48. The minimum atomic E-state index is 0.276. The molecule has 3 N–H and O–H groups in total. The van der Waals surface area contributed by atoms with Gasteiger partial charge in [-0.25, -0.2) is 9.97 Å². The van der Waals surface area contributed by atoms with Crippen LogP contribution in [0.25, 0.3) is 11.3 Å². The Morgan fingerprint density at radius 3 is 2.90 bits per heavy atom. The van der Waals surface area contributed by atoms with Gasteiger partial charge in [-0.1, -0.05) is 11.6 Å². The molecule has 0 amide bonds. The fourth-order valence-corrected chi connectivity index (χ4v) is 2.67. The van der Waals surface area contributed by atoms with E-state index in [9.17, 15) is 0 Å². The van der Waals surface area contributed by atoms with E-state index in [-0.39, 0.29) is 6.04 Å². The van der Waals surface area contributed by atoms with Crippen molar-refractivity contribution in [2.24, 2.45) is 5.73 Å². The summed E-state index contributed by atoms with van der Waals surface area (Å²) < 4.78 is 0. The highest BCUT2D eigenvalue weighted by Gasteiger charge is 2.22. The number of hydrogen-bond acceptors (Lipinski definition) is 5. The van der Waals surface area contributed by atoms with Gasteiger partial charge in [0.2, 0.25) is 5.95 Å². The van der Waals surface area contributed by atoms with E-state index in [1.807, 2.05) is 12.1 Å². The molecule has 1 saturated carbocycles. The maximum Gasteiger partial charge on any atom is 0.223 e. The van der Waals surface area contributed by atoms with E-state index < -0.39 is 0 Å². The fourth-order valence-electron chi connectivity index (χ4n) is 2.47. The van der Waals surface area contributed by atoms with Crippen molar-refractivity contribution in [1.82, 2.24) is 15.0 Å². The highest BCUT2D eigenvalue weighted by Crippen LogP contribution is 2.26. The Morgan fingerprint density at radius 2 is 2.20 bits per heavy atom. The predicted molar refractivity (Wildman–Crippen MR) is 79.5 cm³/mol. The number of rotatable bonds is 3. The first-order valence-corrected chi connectivity index (χ1v) is 7.05. The van der Waals surface area contributed by atoms with Crippen LogP contribution in [0.2, 0.25) is 5.02 Å². The number of nitrogens with zero attached hydrogens (tertiary/aromatic N) is 3. The van der Waals surface area contributed by atoms with Crippen LogP contribution in [0.3, 0.4) is 0 Å². The van der Waals surface area contributed by atoms with Crippen LogP contribution in [-0.2, 0) is 0 Å². The molecule has 6 heteroatoms. The monoisotopic (exact) mass is 289 g/mol. The number of nitrogens with one attached hydrogen (secondary N) is 1. The molecular weight excluding hydrogens is 274 g/mol. The standard InChI is InChI=1S/C14H16ClN5/c15-12-8-18-14(19-11-4-3-10(16)6-11)20-13(12)9-2-1-5-17-7-9/h1-2,5,7-8,10-11H,3-4,6,16H2,(H,18,19,20)/t10-,11+/m1/s1. The molecule has 1 aliphatic carbocycles. The molecule has 0 aliphatic heterocycles. The first kappa shape index (κ1) is 13.3. The van der Waals surface area contributed by atoms with Gasteiger partial charge in [0, 0.05) is 30.0 Å². The average molecular weight is 290 g/mol. The number of hydrogen-bond donors (Lipinski definition) is 2. The summed E-state index contributed by atoms with van der Waals surface area (Å²) in [5.41, 5.74) is 7.49. The van der Waals surface area contributed by atoms with E-state index in [1.165, 1.54) is 0 Å². The molecule has 0 spiro atoms. The first-order chi connectivity index (χ1) is 9.72. The van der Waals surface area contributed by atoms with Gasteiger partial charge < -0.3 is 11.1 Å². The summed E-state index contributed by atoms with van der Waals surface area (Å²) in [5, 5.41) is 3.85. The van der Waals surface area contributed by atoms with E-state index in [4.69, 9.17) is 17.3 Å². The maximum atomic E-state index is 6.17. The van der Waals surface area contributed by atoms with Gasteiger partial charge in [-0.05, 0) is 31.4 Å². The fraction of sp³-hybridized carbons (Fsp3) is 0.357. The van der Waals surface area contributed by atoms with Crippen molar-refractivity contribution in [2.75, 3.05) is 5.32 Å². The highest BCUT2D eigenvalue weighted by molar-refractivity contribution is 6.32. The number of aromatic nitrogens is 3. The molecule has 2 atom stereocenters. The Hall–Kier alpha value is -1.72. The molecule has 20 heavy (non-hydrogen) atoms. The molecule has 2 heterocycles. The molecule has 0 saturated heterocycles. The minimum absolute atomic E-state index is 0.276. The van der Waals surface area contributed by atoms with E-state index in [2.05, 4.69) is 20.3 Å². The van der Waals surface area contributed by atoms with Crippen molar-refractivity contribution in [3.05, 3.63) is 35.7 Å². The lowest BCUT2D eigenvalue weighted by molar-refractivity contribution is 0.685. The Labute approximate surface area is 122 Å². The van der Waals surface area contributed by atoms with Crippen LogP contribution in [0.4, 0.5) is 5.95 Å². The van der Waals surface area contributed by atoms with E-state index in [1.54, 1.807) is 18.6 Å². The third-order valence-corrected chi connectivity index (χ3v) is 3.76.